The minimum Gasteiger partial charge on any atom is -0.322 e. The zero-order valence-corrected chi connectivity index (χ0v) is 14.9. The van der Waals surface area contributed by atoms with Gasteiger partial charge in [0.15, 0.2) is 5.69 Å². The molecule has 0 atom stereocenters. The highest BCUT2D eigenvalue weighted by atomic mass is 16.7. The first-order valence-electron chi connectivity index (χ1n) is 8.58. The van der Waals surface area contributed by atoms with Crippen molar-refractivity contribution in [3.63, 3.8) is 0 Å². The molecular formula is C19H19N3O4. The lowest BCUT2D eigenvalue weighted by molar-refractivity contribution is -0.0589. The number of rotatable bonds is 3. The zero-order chi connectivity index (χ0) is 18.6. The first kappa shape index (κ1) is 16.5. The second kappa shape index (κ2) is 5.52. The zero-order valence-electron chi connectivity index (χ0n) is 14.9. The van der Waals surface area contributed by atoms with Gasteiger partial charge in [0.2, 0.25) is 0 Å². The summed E-state index contributed by atoms with van der Waals surface area (Å²) in [5.41, 5.74) is 1.24. The molecule has 134 valence electrons. The van der Waals surface area contributed by atoms with Gasteiger partial charge in [-0.2, -0.15) is 5.10 Å². The third-order valence-electron chi connectivity index (χ3n) is 4.51. The lowest BCUT2D eigenvalue weighted by atomic mass is 10.1. The van der Waals surface area contributed by atoms with Crippen LogP contribution in [0.2, 0.25) is 0 Å². The van der Waals surface area contributed by atoms with Gasteiger partial charge in [0.25, 0.3) is 11.8 Å². The van der Waals surface area contributed by atoms with Crippen LogP contribution in [-0.2, 0) is 10.4 Å². The van der Waals surface area contributed by atoms with Crippen molar-refractivity contribution in [2.45, 2.75) is 45.1 Å². The van der Waals surface area contributed by atoms with Crippen molar-refractivity contribution < 1.29 is 19.2 Å². The summed E-state index contributed by atoms with van der Waals surface area (Å²) in [5, 5.41) is 4.89. The first-order chi connectivity index (χ1) is 12.3. The van der Waals surface area contributed by atoms with Crippen LogP contribution in [0.15, 0.2) is 30.3 Å². The number of fused-ring (bicyclic) bond motifs is 1. The maximum Gasteiger partial charge on any atom is 0.384 e. The van der Waals surface area contributed by atoms with Crippen molar-refractivity contribution in [1.29, 1.82) is 0 Å². The number of aromatic nitrogens is 2. The fraction of sp³-hybridized carbons (Fsp3) is 0.368. The Labute approximate surface area is 150 Å². The molecule has 0 unspecified atom stereocenters. The van der Waals surface area contributed by atoms with Crippen LogP contribution < -0.4 is 0 Å². The Morgan fingerprint density at radius 3 is 2.19 bits per heavy atom. The summed E-state index contributed by atoms with van der Waals surface area (Å²) in [6, 6.07) is 8.07. The molecule has 0 bridgehead atoms. The summed E-state index contributed by atoms with van der Waals surface area (Å²) in [6.07, 6.45) is 2.13. The minimum absolute atomic E-state index is 0.0957. The number of nitrogens with zero attached hydrogens (tertiary/aromatic N) is 3. The molecule has 1 aliphatic heterocycles. The molecule has 1 aromatic carbocycles. The fourth-order valence-electron chi connectivity index (χ4n) is 3.08. The quantitative estimate of drug-likeness (QED) is 0.793. The van der Waals surface area contributed by atoms with E-state index in [1.54, 1.807) is 18.2 Å². The molecule has 1 fully saturated rings. The topological polar surface area (TPSA) is 81.5 Å². The van der Waals surface area contributed by atoms with E-state index in [0.717, 1.165) is 18.5 Å². The molecule has 0 spiro atoms. The van der Waals surface area contributed by atoms with Crippen molar-refractivity contribution in [3.8, 4) is 0 Å². The van der Waals surface area contributed by atoms with E-state index in [2.05, 4.69) is 5.10 Å². The van der Waals surface area contributed by atoms with E-state index in [1.165, 1.54) is 12.1 Å². The molecule has 1 aliphatic carbocycles. The van der Waals surface area contributed by atoms with E-state index >= 15 is 0 Å². The molecule has 0 radical (unpaired) electrons. The number of hydroxylamine groups is 2. The van der Waals surface area contributed by atoms with Gasteiger partial charge in [-0.25, -0.2) is 4.79 Å². The molecule has 7 heteroatoms. The highest BCUT2D eigenvalue weighted by Crippen LogP contribution is 2.41. The maximum atomic E-state index is 12.5. The average Bonchev–Trinajstić information content (AvgIpc) is 3.29. The van der Waals surface area contributed by atoms with E-state index in [4.69, 9.17) is 4.84 Å². The Morgan fingerprint density at radius 1 is 1.12 bits per heavy atom. The van der Waals surface area contributed by atoms with E-state index in [1.807, 2.05) is 25.5 Å². The molecule has 7 nitrogen and oxygen atoms in total. The van der Waals surface area contributed by atoms with E-state index in [9.17, 15) is 14.4 Å². The monoisotopic (exact) mass is 353 g/mol. The highest BCUT2D eigenvalue weighted by molar-refractivity contribution is 6.21. The van der Waals surface area contributed by atoms with Gasteiger partial charge < -0.3 is 4.84 Å². The number of amides is 2. The third-order valence-corrected chi connectivity index (χ3v) is 4.51. The predicted molar refractivity (Wildman–Crippen MR) is 91.6 cm³/mol. The van der Waals surface area contributed by atoms with Gasteiger partial charge in [-0.15, -0.1) is 0 Å². The van der Waals surface area contributed by atoms with E-state index in [-0.39, 0.29) is 22.4 Å². The lowest BCUT2D eigenvalue weighted by Gasteiger charge is -2.22. The molecule has 0 N–H and O–H groups in total. The predicted octanol–water partition coefficient (Wildman–Crippen LogP) is 2.88. The van der Waals surface area contributed by atoms with Crippen LogP contribution in [0.5, 0.6) is 0 Å². The normalized spacial score (nSPS) is 16.8. The highest BCUT2D eigenvalue weighted by Gasteiger charge is 2.40. The molecule has 2 amide bonds. The standard InChI is InChI=1S/C19H19N3O4/c1-19(2,3)22-15(11-8-9-11)10-14(20-22)18(25)26-21-16(23)12-6-4-5-7-13(12)17(21)24/h4-7,10-11H,8-9H2,1-3H3. The minimum atomic E-state index is -0.815. The Hall–Kier alpha value is -2.96. The van der Waals surface area contributed by atoms with Crippen LogP contribution >= 0.6 is 0 Å². The number of carbonyl (C=O) groups excluding carboxylic acids is 3. The van der Waals surface area contributed by atoms with Gasteiger partial charge >= 0.3 is 5.97 Å². The van der Waals surface area contributed by atoms with Crippen molar-refractivity contribution in [2.24, 2.45) is 0 Å². The molecule has 2 heterocycles. The van der Waals surface area contributed by atoms with Crippen molar-refractivity contribution in [3.05, 3.63) is 52.8 Å². The molecule has 4 rings (SSSR count). The van der Waals surface area contributed by atoms with Crippen molar-refractivity contribution in [2.75, 3.05) is 0 Å². The molecule has 2 aromatic rings. The summed E-state index contributed by atoms with van der Waals surface area (Å²) in [7, 11) is 0. The van der Waals surface area contributed by atoms with Gasteiger partial charge in [0, 0.05) is 11.6 Å². The SMILES string of the molecule is CC(C)(C)n1nc(C(=O)ON2C(=O)c3ccccc3C2=O)cc1C1CC1. The number of imide groups is 1. The molecule has 1 saturated carbocycles. The van der Waals surface area contributed by atoms with Crippen LogP contribution in [0.25, 0.3) is 0 Å². The van der Waals surface area contributed by atoms with E-state index in [0.29, 0.717) is 11.0 Å². The molecular weight excluding hydrogens is 334 g/mol. The van der Waals surface area contributed by atoms with Crippen LogP contribution in [-0.4, -0.2) is 32.6 Å². The van der Waals surface area contributed by atoms with Crippen LogP contribution in [0.4, 0.5) is 0 Å². The fourth-order valence-corrected chi connectivity index (χ4v) is 3.08. The van der Waals surface area contributed by atoms with Gasteiger partial charge in [0.1, 0.15) is 0 Å². The third kappa shape index (κ3) is 2.60. The van der Waals surface area contributed by atoms with Crippen LogP contribution in [0, 0.1) is 0 Å². The van der Waals surface area contributed by atoms with Gasteiger partial charge in [-0.05, 0) is 51.8 Å². The maximum absolute atomic E-state index is 12.5. The Kier molecular flexibility index (Phi) is 3.50. The molecule has 2 aliphatic rings. The summed E-state index contributed by atoms with van der Waals surface area (Å²) in [5.74, 6) is -1.71. The number of hydrogen-bond donors (Lipinski definition) is 0. The summed E-state index contributed by atoms with van der Waals surface area (Å²) >= 11 is 0. The summed E-state index contributed by atoms with van der Waals surface area (Å²) in [6.45, 7) is 6.02. The first-order valence-corrected chi connectivity index (χ1v) is 8.58. The largest absolute Gasteiger partial charge is 0.384 e. The lowest BCUT2D eigenvalue weighted by Crippen LogP contribution is -2.33. The smallest absolute Gasteiger partial charge is 0.322 e. The average molecular weight is 353 g/mol. The summed E-state index contributed by atoms with van der Waals surface area (Å²) in [4.78, 5) is 42.3. The Balaban J connectivity index is 1.60. The molecule has 26 heavy (non-hydrogen) atoms. The molecule has 0 saturated heterocycles. The van der Waals surface area contributed by atoms with Crippen LogP contribution in [0.3, 0.4) is 0 Å². The Morgan fingerprint density at radius 2 is 1.69 bits per heavy atom. The number of hydrogen-bond acceptors (Lipinski definition) is 5. The van der Waals surface area contributed by atoms with Gasteiger partial charge in [-0.3, -0.25) is 14.3 Å². The number of benzene rings is 1. The number of carbonyl (C=O) groups is 3. The van der Waals surface area contributed by atoms with Crippen molar-refractivity contribution in [1.82, 2.24) is 14.8 Å². The molecule has 1 aromatic heterocycles. The van der Waals surface area contributed by atoms with Crippen molar-refractivity contribution >= 4 is 17.8 Å². The summed E-state index contributed by atoms with van der Waals surface area (Å²) < 4.78 is 1.82. The Bertz CT molecular complexity index is 900. The van der Waals surface area contributed by atoms with Gasteiger partial charge in [-0.1, -0.05) is 17.2 Å². The second-order valence-corrected chi connectivity index (χ2v) is 7.64. The van der Waals surface area contributed by atoms with Gasteiger partial charge in [0.05, 0.1) is 16.7 Å². The van der Waals surface area contributed by atoms with Crippen LogP contribution in [0.1, 0.15) is 76.4 Å². The van der Waals surface area contributed by atoms with E-state index < -0.39 is 17.8 Å². The second-order valence-electron chi connectivity index (χ2n) is 7.64.